The number of aryl methyl sites for hydroxylation is 1. The van der Waals surface area contributed by atoms with E-state index in [1.54, 1.807) is 7.05 Å². The average molecular weight is 280 g/mol. The van der Waals surface area contributed by atoms with Gasteiger partial charge in [-0.25, -0.2) is 9.78 Å². The van der Waals surface area contributed by atoms with Gasteiger partial charge in [0, 0.05) is 12.1 Å². The van der Waals surface area contributed by atoms with Gasteiger partial charge in [-0.05, 0) is 18.2 Å². The van der Waals surface area contributed by atoms with E-state index >= 15 is 0 Å². The van der Waals surface area contributed by atoms with Crippen molar-refractivity contribution in [2.24, 2.45) is 7.05 Å². The summed E-state index contributed by atoms with van der Waals surface area (Å²) < 4.78 is 1.53. The summed E-state index contributed by atoms with van der Waals surface area (Å²) in [6.07, 6.45) is 2.87. The lowest BCUT2D eigenvalue weighted by molar-refractivity contribution is 0.0698. The summed E-state index contributed by atoms with van der Waals surface area (Å²) >= 11 is 5.80. The third-order valence-electron chi connectivity index (χ3n) is 2.51. The van der Waals surface area contributed by atoms with Crippen molar-refractivity contribution in [3.05, 3.63) is 47.0 Å². The summed E-state index contributed by atoms with van der Waals surface area (Å²) in [6, 6.07) is 4.17. The van der Waals surface area contributed by atoms with Gasteiger partial charge in [0.25, 0.3) is 5.91 Å². The number of carbonyl (C=O) groups is 2. The second-order valence-corrected chi connectivity index (χ2v) is 4.28. The molecule has 2 aromatic rings. The molecule has 0 bridgehead atoms. The Morgan fingerprint density at radius 3 is 2.74 bits per heavy atom. The highest BCUT2D eigenvalue weighted by atomic mass is 35.5. The van der Waals surface area contributed by atoms with Crippen LogP contribution >= 0.6 is 11.6 Å². The van der Waals surface area contributed by atoms with Crippen LogP contribution in [-0.2, 0) is 7.05 Å². The third-order valence-corrected chi connectivity index (χ3v) is 2.74. The van der Waals surface area contributed by atoms with Gasteiger partial charge in [-0.3, -0.25) is 4.79 Å². The fourth-order valence-corrected chi connectivity index (χ4v) is 1.74. The molecule has 0 fully saturated rings. The number of hydrogen-bond donors (Lipinski definition) is 2. The van der Waals surface area contributed by atoms with Crippen LogP contribution in [0, 0.1) is 0 Å². The minimum absolute atomic E-state index is 0.0279. The Bertz CT molecular complexity index is 651. The van der Waals surface area contributed by atoms with E-state index in [-0.39, 0.29) is 11.3 Å². The van der Waals surface area contributed by atoms with E-state index in [0.717, 1.165) is 0 Å². The van der Waals surface area contributed by atoms with Crippen molar-refractivity contribution >= 4 is 29.2 Å². The lowest BCUT2D eigenvalue weighted by Gasteiger charge is -2.09. The molecule has 0 saturated carbocycles. The Morgan fingerprint density at radius 2 is 2.16 bits per heavy atom. The Hall–Kier alpha value is -2.34. The van der Waals surface area contributed by atoms with Crippen molar-refractivity contribution < 1.29 is 14.7 Å². The van der Waals surface area contributed by atoms with Crippen molar-refractivity contribution in [2.45, 2.75) is 0 Å². The molecule has 1 aromatic carbocycles. The quantitative estimate of drug-likeness (QED) is 0.900. The van der Waals surface area contributed by atoms with E-state index in [0.29, 0.717) is 10.7 Å². The maximum absolute atomic E-state index is 12.0. The summed E-state index contributed by atoms with van der Waals surface area (Å²) in [7, 11) is 1.66. The van der Waals surface area contributed by atoms with Gasteiger partial charge in [-0.15, -0.1) is 0 Å². The number of carboxylic acid groups (broad SMARTS) is 1. The predicted molar refractivity (Wildman–Crippen MR) is 69.6 cm³/mol. The minimum Gasteiger partial charge on any atom is -0.478 e. The highest BCUT2D eigenvalue weighted by molar-refractivity contribution is 6.31. The summed E-state index contributed by atoms with van der Waals surface area (Å²) in [5.41, 5.74) is 0.433. The molecule has 1 aromatic heterocycles. The Morgan fingerprint density at radius 1 is 1.42 bits per heavy atom. The lowest BCUT2D eigenvalue weighted by atomic mass is 10.1. The number of nitrogens with one attached hydrogen (secondary N) is 1. The molecule has 2 rings (SSSR count). The number of aromatic nitrogens is 2. The monoisotopic (exact) mass is 279 g/mol. The van der Waals surface area contributed by atoms with Crippen LogP contribution in [0.3, 0.4) is 0 Å². The predicted octanol–water partition coefficient (Wildman–Crippen LogP) is 2.02. The van der Waals surface area contributed by atoms with Crippen LogP contribution < -0.4 is 5.32 Å². The van der Waals surface area contributed by atoms with Gasteiger partial charge in [0.2, 0.25) is 0 Å². The van der Waals surface area contributed by atoms with Crippen LogP contribution in [-0.4, -0.2) is 26.5 Å². The molecule has 1 amide bonds. The first-order valence-electron chi connectivity index (χ1n) is 5.29. The van der Waals surface area contributed by atoms with Gasteiger partial charge in [0.05, 0.1) is 23.8 Å². The topological polar surface area (TPSA) is 84.2 Å². The zero-order valence-corrected chi connectivity index (χ0v) is 10.7. The molecule has 6 nitrogen and oxygen atoms in total. The van der Waals surface area contributed by atoms with Crippen LogP contribution in [0.4, 0.5) is 5.69 Å². The molecule has 0 aliphatic rings. The molecule has 0 saturated heterocycles. The molecule has 2 N–H and O–H groups in total. The van der Waals surface area contributed by atoms with Gasteiger partial charge in [0.1, 0.15) is 5.69 Å². The standard InChI is InChI=1S/C12H10ClN3O3/c1-16-6-14-5-10(16)11(17)15-9-4-7(13)2-3-8(9)12(18)19/h2-6H,1H3,(H,15,17)(H,18,19). The molecular weight excluding hydrogens is 270 g/mol. The molecule has 0 aliphatic carbocycles. The summed E-state index contributed by atoms with van der Waals surface area (Å²) in [6.45, 7) is 0. The molecule has 0 spiro atoms. The summed E-state index contributed by atoms with van der Waals surface area (Å²) in [5.74, 6) is -1.60. The first kappa shape index (κ1) is 13.1. The van der Waals surface area contributed by atoms with Crippen LogP contribution in [0.5, 0.6) is 0 Å². The van der Waals surface area contributed by atoms with Crippen LogP contribution in [0.2, 0.25) is 5.02 Å². The molecule has 19 heavy (non-hydrogen) atoms. The van der Waals surface area contributed by atoms with Gasteiger partial charge in [0.15, 0.2) is 0 Å². The number of rotatable bonds is 3. The second kappa shape index (κ2) is 5.11. The molecule has 1 heterocycles. The number of carboxylic acids is 1. The van der Waals surface area contributed by atoms with Crippen LogP contribution in [0.1, 0.15) is 20.8 Å². The van der Waals surface area contributed by atoms with E-state index in [4.69, 9.17) is 16.7 Å². The molecule has 98 valence electrons. The van der Waals surface area contributed by atoms with Crippen LogP contribution in [0.15, 0.2) is 30.7 Å². The molecule has 0 atom stereocenters. The molecule has 7 heteroatoms. The molecule has 0 aliphatic heterocycles. The fraction of sp³-hybridized carbons (Fsp3) is 0.0833. The number of nitrogens with zero attached hydrogens (tertiary/aromatic N) is 2. The Balaban J connectivity index is 2.33. The SMILES string of the molecule is Cn1cncc1C(=O)Nc1cc(Cl)ccc1C(=O)O. The fourth-order valence-electron chi connectivity index (χ4n) is 1.57. The zero-order valence-electron chi connectivity index (χ0n) is 9.92. The second-order valence-electron chi connectivity index (χ2n) is 3.84. The highest BCUT2D eigenvalue weighted by Crippen LogP contribution is 2.21. The van der Waals surface area contributed by atoms with E-state index in [1.165, 1.54) is 35.3 Å². The number of amides is 1. The maximum atomic E-state index is 12.0. The van der Waals surface area contributed by atoms with E-state index in [2.05, 4.69) is 10.3 Å². The normalized spacial score (nSPS) is 10.2. The van der Waals surface area contributed by atoms with Gasteiger partial charge < -0.3 is 15.0 Å². The first-order valence-corrected chi connectivity index (χ1v) is 5.67. The number of halogens is 1. The van der Waals surface area contributed by atoms with Crippen molar-refractivity contribution in [3.63, 3.8) is 0 Å². The van der Waals surface area contributed by atoms with Crippen molar-refractivity contribution in [2.75, 3.05) is 5.32 Å². The number of imidazole rings is 1. The summed E-state index contributed by atoms with van der Waals surface area (Å²) in [5, 5.41) is 11.9. The maximum Gasteiger partial charge on any atom is 0.337 e. The van der Waals surface area contributed by atoms with Gasteiger partial charge >= 0.3 is 5.97 Å². The highest BCUT2D eigenvalue weighted by Gasteiger charge is 2.15. The third kappa shape index (κ3) is 2.74. The largest absolute Gasteiger partial charge is 0.478 e. The number of hydrogen-bond acceptors (Lipinski definition) is 3. The minimum atomic E-state index is -1.14. The summed E-state index contributed by atoms with van der Waals surface area (Å²) in [4.78, 5) is 26.8. The molecule has 0 unspecified atom stereocenters. The van der Waals surface area contributed by atoms with Gasteiger partial charge in [-0.1, -0.05) is 11.6 Å². The van der Waals surface area contributed by atoms with Gasteiger partial charge in [-0.2, -0.15) is 0 Å². The Labute approximate surface area is 113 Å². The van der Waals surface area contributed by atoms with Crippen molar-refractivity contribution in [1.29, 1.82) is 0 Å². The number of aromatic carboxylic acids is 1. The number of anilines is 1. The lowest BCUT2D eigenvalue weighted by Crippen LogP contribution is -2.17. The van der Waals surface area contributed by atoms with Crippen LogP contribution in [0.25, 0.3) is 0 Å². The molecular formula is C12H10ClN3O3. The van der Waals surface area contributed by atoms with Crippen molar-refractivity contribution in [3.8, 4) is 0 Å². The zero-order chi connectivity index (χ0) is 14.0. The van der Waals surface area contributed by atoms with E-state index in [1.807, 2.05) is 0 Å². The number of benzene rings is 1. The smallest absolute Gasteiger partial charge is 0.337 e. The van der Waals surface area contributed by atoms with Crippen molar-refractivity contribution in [1.82, 2.24) is 9.55 Å². The Kier molecular flexibility index (Phi) is 3.52. The number of carbonyl (C=O) groups excluding carboxylic acids is 1. The average Bonchev–Trinajstić information content (AvgIpc) is 2.75. The van der Waals surface area contributed by atoms with E-state index < -0.39 is 11.9 Å². The molecule has 0 radical (unpaired) electrons. The van der Waals surface area contributed by atoms with E-state index in [9.17, 15) is 9.59 Å². The first-order chi connectivity index (χ1) is 8.99.